The molecule has 0 aliphatic heterocycles. The quantitative estimate of drug-likeness (QED) is 0.610. The van der Waals surface area contributed by atoms with Crippen molar-refractivity contribution in [2.24, 2.45) is 0 Å². The van der Waals surface area contributed by atoms with Crippen LogP contribution in [0.3, 0.4) is 0 Å². The molecule has 0 atom stereocenters. The summed E-state index contributed by atoms with van der Waals surface area (Å²) in [5, 5.41) is 0.421. The molecule has 0 unspecified atom stereocenters. The Balaban J connectivity index is 2.21. The zero-order chi connectivity index (χ0) is 21.2. The van der Waals surface area contributed by atoms with E-state index >= 15 is 0 Å². The van der Waals surface area contributed by atoms with Gasteiger partial charge in [0.15, 0.2) is 0 Å². The summed E-state index contributed by atoms with van der Waals surface area (Å²) in [5.74, 6) is 7.69. The average molecular weight is 417 g/mol. The Bertz CT molecular complexity index is 905. The number of methoxy groups -OCH3 is 3. The van der Waals surface area contributed by atoms with Crippen LogP contribution in [0.4, 0.5) is 0 Å². The molecule has 2 aromatic rings. The van der Waals surface area contributed by atoms with Crippen LogP contribution in [-0.2, 0) is 11.3 Å². The first-order valence-corrected chi connectivity index (χ1v) is 9.58. The highest BCUT2D eigenvalue weighted by Gasteiger charge is 2.15. The van der Waals surface area contributed by atoms with Crippen molar-refractivity contribution in [2.75, 3.05) is 27.9 Å². The van der Waals surface area contributed by atoms with Crippen LogP contribution >= 0.6 is 11.6 Å². The number of nitrogens with zero attached hydrogens (tertiary/aromatic N) is 2. The molecule has 154 valence electrons. The molecule has 0 N–H and O–H groups in total. The SMILES string of the molecule is CCCC(=O)N(CC#Cc1ccc(Cl)c(OC)n1)Cc1ccc(OC)cc1OC. The predicted molar refractivity (Wildman–Crippen MR) is 113 cm³/mol. The lowest BCUT2D eigenvalue weighted by molar-refractivity contribution is -0.131. The summed E-state index contributed by atoms with van der Waals surface area (Å²) >= 11 is 5.99. The van der Waals surface area contributed by atoms with Crippen molar-refractivity contribution in [1.82, 2.24) is 9.88 Å². The predicted octanol–water partition coefficient (Wildman–Crippen LogP) is 3.94. The molecule has 6 nitrogen and oxygen atoms in total. The van der Waals surface area contributed by atoms with E-state index in [1.807, 2.05) is 19.1 Å². The minimum absolute atomic E-state index is 0.0290. The molecule has 1 aromatic heterocycles. The summed E-state index contributed by atoms with van der Waals surface area (Å²) in [4.78, 5) is 18.5. The van der Waals surface area contributed by atoms with Crippen LogP contribution in [0.1, 0.15) is 31.0 Å². The summed E-state index contributed by atoms with van der Waals surface area (Å²) in [7, 11) is 4.69. The van der Waals surface area contributed by atoms with Crippen molar-refractivity contribution < 1.29 is 19.0 Å². The molecule has 0 saturated heterocycles. The number of halogens is 1. The van der Waals surface area contributed by atoms with E-state index in [2.05, 4.69) is 16.8 Å². The lowest BCUT2D eigenvalue weighted by Crippen LogP contribution is -2.30. The van der Waals surface area contributed by atoms with Crippen LogP contribution in [0, 0.1) is 11.8 Å². The molecule has 29 heavy (non-hydrogen) atoms. The summed E-state index contributed by atoms with van der Waals surface area (Å²) in [6.07, 6.45) is 1.21. The number of benzene rings is 1. The number of carbonyl (C=O) groups excluding carboxylic acids is 1. The molecule has 0 aliphatic rings. The second-order valence-corrected chi connectivity index (χ2v) is 6.57. The maximum absolute atomic E-state index is 12.6. The van der Waals surface area contributed by atoms with Gasteiger partial charge < -0.3 is 19.1 Å². The largest absolute Gasteiger partial charge is 0.497 e. The molecule has 0 spiro atoms. The molecule has 0 aliphatic carbocycles. The average Bonchev–Trinajstić information content (AvgIpc) is 2.74. The molecule has 2 rings (SSSR count). The van der Waals surface area contributed by atoms with Crippen LogP contribution in [-0.4, -0.2) is 43.7 Å². The van der Waals surface area contributed by atoms with Crippen LogP contribution in [0.2, 0.25) is 5.02 Å². The van der Waals surface area contributed by atoms with Gasteiger partial charge in [0.1, 0.15) is 22.2 Å². The number of hydrogen-bond acceptors (Lipinski definition) is 5. The van der Waals surface area contributed by atoms with Gasteiger partial charge in [0.25, 0.3) is 0 Å². The number of carbonyl (C=O) groups is 1. The minimum atomic E-state index is 0.0290. The number of ether oxygens (including phenoxy) is 3. The van der Waals surface area contributed by atoms with Gasteiger partial charge in [-0.05, 0) is 36.6 Å². The fraction of sp³-hybridized carbons (Fsp3) is 0.364. The van der Waals surface area contributed by atoms with Gasteiger partial charge in [-0.2, -0.15) is 0 Å². The van der Waals surface area contributed by atoms with E-state index in [-0.39, 0.29) is 12.5 Å². The van der Waals surface area contributed by atoms with E-state index in [4.69, 9.17) is 25.8 Å². The molecular formula is C22H25ClN2O4. The number of aromatic nitrogens is 1. The van der Waals surface area contributed by atoms with Crippen molar-refractivity contribution in [2.45, 2.75) is 26.3 Å². The van der Waals surface area contributed by atoms with Gasteiger partial charge >= 0.3 is 0 Å². The van der Waals surface area contributed by atoms with Crippen LogP contribution in [0.15, 0.2) is 30.3 Å². The standard InChI is InChI=1S/C22H25ClN2O4/c1-5-7-21(26)25(15-16-9-11-18(27-2)14-20(16)28-3)13-6-8-17-10-12-19(23)22(24-17)29-4/h9-12,14H,5,7,13,15H2,1-4H3. The summed E-state index contributed by atoms with van der Waals surface area (Å²) in [5.41, 5.74) is 1.40. The third-order valence-electron chi connectivity index (χ3n) is 4.17. The molecule has 0 radical (unpaired) electrons. The number of rotatable bonds is 8. The highest BCUT2D eigenvalue weighted by Crippen LogP contribution is 2.26. The van der Waals surface area contributed by atoms with E-state index in [1.165, 1.54) is 7.11 Å². The van der Waals surface area contributed by atoms with Crippen LogP contribution in [0.25, 0.3) is 0 Å². The molecule has 0 saturated carbocycles. The number of amides is 1. The van der Waals surface area contributed by atoms with E-state index in [0.717, 1.165) is 12.0 Å². The highest BCUT2D eigenvalue weighted by molar-refractivity contribution is 6.31. The zero-order valence-electron chi connectivity index (χ0n) is 17.1. The first kappa shape index (κ1) is 22.4. The third-order valence-corrected chi connectivity index (χ3v) is 4.45. The lowest BCUT2D eigenvalue weighted by Gasteiger charge is -2.21. The molecule has 1 amide bonds. The van der Waals surface area contributed by atoms with Gasteiger partial charge in [0.05, 0.1) is 34.4 Å². The second-order valence-electron chi connectivity index (χ2n) is 6.17. The number of pyridine rings is 1. The first-order chi connectivity index (χ1) is 14.0. The first-order valence-electron chi connectivity index (χ1n) is 9.20. The Morgan fingerprint density at radius 1 is 1.14 bits per heavy atom. The van der Waals surface area contributed by atoms with E-state index in [0.29, 0.717) is 41.1 Å². The summed E-state index contributed by atoms with van der Waals surface area (Å²) in [6.45, 7) is 2.62. The summed E-state index contributed by atoms with van der Waals surface area (Å²) < 4.78 is 15.8. The topological polar surface area (TPSA) is 60.9 Å². The lowest BCUT2D eigenvalue weighted by atomic mass is 10.1. The van der Waals surface area contributed by atoms with Crippen LogP contribution < -0.4 is 14.2 Å². The fourth-order valence-corrected chi connectivity index (χ4v) is 2.84. The summed E-state index contributed by atoms with van der Waals surface area (Å²) in [6, 6.07) is 8.93. The van der Waals surface area contributed by atoms with Gasteiger partial charge in [-0.15, -0.1) is 0 Å². The van der Waals surface area contributed by atoms with Crippen molar-refractivity contribution >= 4 is 17.5 Å². The maximum Gasteiger partial charge on any atom is 0.233 e. The molecule has 0 fully saturated rings. The normalized spacial score (nSPS) is 9.97. The molecule has 7 heteroatoms. The van der Waals surface area contributed by atoms with Gasteiger partial charge in [-0.3, -0.25) is 4.79 Å². The van der Waals surface area contributed by atoms with Crippen molar-refractivity contribution in [1.29, 1.82) is 0 Å². The molecule has 0 bridgehead atoms. The molecule has 1 heterocycles. The van der Waals surface area contributed by atoms with Crippen molar-refractivity contribution in [3.63, 3.8) is 0 Å². The second kappa shape index (κ2) is 11.2. The van der Waals surface area contributed by atoms with Gasteiger partial charge in [0.2, 0.25) is 11.8 Å². The molecule has 1 aromatic carbocycles. The Morgan fingerprint density at radius 3 is 2.59 bits per heavy atom. The van der Waals surface area contributed by atoms with E-state index in [1.54, 1.807) is 37.3 Å². The van der Waals surface area contributed by atoms with Crippen molar-refractivity contribution in [3.05, 3.63) is 46.6 Å². The fourth-order valence-electron chi connectivity index (χ4n) is 2.65. The van der Waals surface area contributed by atoms with Crippen molar-refractivity contribution in [3.8, 4) is 29.2 Å². The zero-order valence-corrected chi connectivity index (χ0v) is 17.9. The Labute approximate surface area is 176 Å². The third kappa shape index (κ3) is 6.30. The van der Waals surface area contributed by atoms with Gasteiger partial charge in [0, 0.05) is 18.1 Å². The van der Waals surface area contributed by atoms with Gasteiger partial charge in [-0.1, -0.05) is 24.4 Å². The number of hydrogen-bond donors (Lipinski definition) is 0. The minimum Gasteiger partial charge on any atom is -0.497 e. The van der Waals surface area contributed by atoms with Gasteiger partial charge in [-0.25, -0.2) is 4.98 Å². The monoisotopic (exact) mass is 416 g/mol. The van der Waals surface area contributed by atoms with E-state index in [9.17, 15) is 4.79 Å². The Hall–Kier alpha value is -2.91. The Morgan fingerprint density at radius 2 is 1.93 bits per heavy atom. The van der Waals surface area contributed by atoms with E-state index < -0.39 is 0 Å². The highest BCUT2D eigenvalue weighted by atomic mass is 35.5. The smallest absolute Gasteiger partial charge is 0.233 e. The molecular weight excluding hydrogens is 392 g/mol. The van der Waals surface area contributed by atoms with Crippen LogP contribution in [0.5, 0.6) is 17.4 Å². The maximum atomic E-state index is 12.6. The Kier molecular flexibility index (Phi) is 8.63.